The molecule has 4 rings (SSSR count). The lowest BCUT2D eigenvalue weighted by atomic mass is 9.76. The molecule has 8 heteroatoms. The number of para-hydroxylation sites is 1. The number of piperidine rings is 1. The van der Waals surface area contributed by atoms with Gasteiger partial charge in [-0.1, -0.05) is 23.7 Å². The minimum Gasteiger partial charge on any atom is -0.444 e. The molecule has 1 aromatic carbocycles. The van der Waals surface area contributed by atoms with Gasteiger partial charge in [-0.2, -0.15) is 10.4 Å². The van der Waals surface area contributed by atoms with Gasteiger partial charge in [-0.05, 0) is 57.9 Å². The van der Waals surface area contributed by atoms with Gasteiger partial charge in [0, 0.05) is 24.7 Å². The highest BCUT2D eigenvalue weighted by Gasteiger charge is 2.40. The van der Waals surface area contributed by atoms with E-state index in [4.69, 9.17) is 16.3 Å². The summed E-state index contributed by atoms with van der Waals surface area (Å²) in [4.78, 5) is 18.6. The largest absolute Gasteiger partial charge is 0.444 e. The zero-order chi connectivity index (χ0) is 22.2. The van der Waals surface area contributed by atoms with Gasteiger partial charge in [0.2, 0.25) is 0 Å². The van der Waals surface area contributed by atoms with Crippen LogP contribution in [-0.2, 0) is 10.2 Å². The summed E-state index contributed by atoms with van der Waals surface area (Å²) in [6, 6.07) is 13.9. The van der Waals surface area contributed by atoms with Crippen LogP contribution < -0.4 is 0 Å². The highest BCUT2D eigenvalue weighted by atomic mass is 35.5. The number of fused-ring (bicyclic) bond motifs is 1. The molecule has 0 bridgehead atoms. The van der Waals surface area contributed by atoms with E-state index in [0.29, 0.717) is 36.8 Å². The molecule has 0 N–H and O–H groups in total. The summed E-state index contributed by atoms with van der Waals surface area (Å²) in [6.45, 7) is 6.40. The van der Waals surface area contributed by atoms with E-state index in [9.17, 15) is 10.1 Å². The van der Waals surface area contributed by atoms with Gasteiger partial charge in [0.15, 0.2) is 5.15 Å². The van der Waals surface area contributed by atoms with Crippen molar-refractivity contribution < 1.29 is 9.53 Å². The Kier molecular flexibility index (Phi) is 5.36. The summed E-state index contributed by atoms with van der Waals surface area (Å²) in [5, 5.41) is 15.8. The quantitative estimate of drug-likeness (QED) is 0.571. The van der Waals surface area contributed by atoms with Crippen molar-refractivity contribution in [3.63, 3.8) is 0 Å². The molecule has 0 radical (unpaired) electrons. The van der Waals surface area contributed by atoms with Gasteiger partial charge in [0.05, 0.1) is 23.0 Å². The molecule has 7 nitrogen and oxygen atoms in total. The van der Waals surface area contributed by atoms with Crippen molar-refractivity contribution in [1.82, 2.24) is 19.7 Å². The van der Waals surface area contributed by atoms with Crippen molar-refractivity contribution in [1.29, 1.82) is 5.26 Å². The topological polar surface area (TPSA) is 84.0 Å². The lowest BCUT2D eigenvalue weighted by molar-refractivity contribution is 0.0184. The average molecular weight is 438 g/mol. The molecule has 160 valence electrons. The number of nitriles is 1. The number of rotatable bonds is 2. The molecule has 0 unspecified atom stereocenters. The summed E-state index contributed by atoms with van der Waals surface area (Å²) in [7, 11) is 0. The van der Waals surface area contributed by atoms with Crippen LogP contribution in [0.15, 0.2) is 42.6 Å². The van der Waals surface area contributed by atoms with Gasteiger partial charge < -0.3 is 9.64 Å². The van der Waals surface area contributed by atoms with Gasteiger partial charge >= 0.3 is 6.09 Å². The van der Waals surface area contributed by atoms with E-state index in [0.717, 1.165) is 16.6 Å². The van der Waals surface area contributed by atoms with E-state index in [1.807, 2.05) is 57.2 Å². The maximum atomic E-state index is 12.4. The first-order valence-corrected chi connectivity index (χ1v) is 10.6. The van der Waals surface area contributed by atoms with Crippen molar-refractivity contribution in [2.75, 3.05) is 13.1 Å². The fourth-order valence-corrected chi connectivity index (χ4v) is 4.10. The second kappa shape index (κ2) is 7.86. The summed E-state index contributed by atoms with van der Waals surface area (Å²) in [5.41, 5.74) is 1.02. The molecule has 1 aliphatic heterocycles. The number of amides is 1. The van der Waals surface area contributed by atoms with Crippen molar-refractivity contribution >= 4 is 28.6 Å². The monoisotopic (exact) mass is 437 g/mol. The van der Waals surface area contributed by atoms with Gasteiger partial charge in [0.1, 0.15) is 11.0 Å². The van der Waals surface area contributed by atoms with Crippen LogP contribution in [0.2, 0.25) is 5.15 Å². The molecule has 31 heavy (non-hydrogen) atoms. The van der Waals surface area contributed by atoms with E-state index < -0.39 is 11.0 Å². The second-order valence-electron chi connectivity index (χ2n) is 8.78. The lowest BCUT2D eigenvalue weighted by Gasteiger charge is -2.37. The molecule has 1 amide bonds. The van der Waals surface area contributed by atoms with E-state index in [1.165, 1.54) is 0 Å². The Balaban J connectivity index is 1.61. The maximum Gasteiger partial charge on any atom is 0.410 e. The van der Waals surface area contributed by atoms with Crippen molar-refractivity contribution in [3.05, 3.63) is 53.4 Å². The number of hydrogen-bond acceptors (Lipinski definition) is 5. The molecule has 1 fully saturated rings. The zero-order valence-electron chi connectivity index (χ0n) is 17.8. The maximum absolute atomic E-state index is 12.4. The fraction of sp³-hybridized carbons (Fsp3) is 0.391. The minimum atomic E-state index is -0.777. The Hall–Kier alpha value is -3.11. The van der Waals surface area contributed by atoms with E-state index in [-0.39, 0.29) is 6.09 Å². The second-order valence-corrected chi connectivity index (χ2v) is 9.14. The zero-order valence-corrected chi connectivity index (χ0v) is 18.6. The molecular formula is C23H24ClN5O2. The summed E-state index contributed by atoms with van der Waals surface area (Å²) < 4.78 is 7.24. The lowest BCUT2D eigenvalue weighted by Crippen LogP contribution is -2.46. The number of carbonyl (C=O) groups excluding carboxylic acids is 1. The predicted octanol–water partition coefficient (Wildman–Crippen LogP) is 4.87. The van der Waals surface area contributed by atoms with E-state index >= 15 is 0 Å². The number of benzene rings is 1. The molecule has 0 saturated carbocycles. The molecule has 3 heterocycles. The number of carbonyl (C=O) groups is 1. The number of likely N-dealkylation sites (tertiary alicyclic amines) is 1. The Labute approximate surface area is 186 Å². The van der Waals surface area contributed by atoms with E-state index in [1.54, 1.807) is 15.8 Å². The van der Waals surface area contributed by atoms with Crippen LogP contribution in [0.3, 0.4) is 0 Å². The Morgan fingerprint density at radius 2 is 1.94 bits per heavy atom. The Morgan fingerprint density at radius 1 is 1.23 bits per heavy atom. The number of aromatic nitrogens is 3. The number of hydrogen-bond donors (Lipinski definition) is 0. The van der Waals surface area contributed by atoms with Crippen LogP contribution >= 0.6 is 11.6 Å². The third kappa shape index (κ3) is 4.08. The van der Waals surface area contributed by atoms with Crippen LogP contribution in [0.25, 0.3) is 16.6 Å². The standard InChI is InChI=1S/C23H24ClN5O2/c1-22(2,3)31-21(30)28-12-9-23(15-25,10-13-28)19-14-16(8-11-26-19)29-18-7-5-4-6-17(18)20(24)27-29/h4-8,11,14H,9-10,12-13H2,1-3H3. The predicted molar refractivity (Wildman–Crippen MR) is 118 cm³/mol. The smallest absolute Gasteiger partial charge is 0.410 e. The van der Waals surface area contributed by atoms with Gasteiger partial charge in [-0.25, -0.2) is 9.48 Å². The van der Waals surface area contributed by atoms with E-state index in [2.05, 4.69) is 16.2 Å². The SMILES string of the molecule is CC(C)(C)OC(=O)N1CCC(C#N)(c2cc(-n3nc(Cl)c4ccccc43)ccn2)CC1. The fourth-order valence-electron chi connectivity index (χ4n) is 3.86. The van der Waals surface area contributed by atoms with Gasteiger partial charge in [0.25, 0.3) is 0 Å². The molecule has 0 atom stereocenters. The number of ether oxygens (including phenoxy) is 1. The van der Waals surface area contributed by atoms with Crippen LogP contribution in [0.1, 0.15) is 39.3 Å². The molecule has 0 spiro atoms. The molecule has 1 aliphatic rings. The first-order chi connectivity index (χ1) is 14.7. The van der Waals surface area contributed by atoms with Crippen molar-refractivity contribution in [2.45, 2.75) is 44.6 Å². The summed E-state index contributed by atoms with van der Waals surface area (Å²) in [6.07, 6.45) is 2.31. The summed E-state index contributed by atoms with van der Waals surface area (Å²) in [5.74, 6) is 0. The van der Waals surface area contributed by atoms with Crippen molar-refractivity contribution in [3.8, 4) is 11.8 Å². The van der Waals surface area contributed by atoms with Crippen molar-refractivity contribution in [2.24, 2.45) is 0 Å². The Morgan fingerprint density at radius 3 is 2.61 bits per heavy atom. The first-order valence-electron chi connectivity index (χ1n) is 10.2. The number of halogens is 1. The molecular weight excluding hydrogens is 414 g/mol. The van der Waals surface area contributed by atoms with Gasteiger partial charge in [-0.15, -0.1) is 0 Å². The number of nitrogens with zero attached hydrogens (tertiary/aromatic N) is 5. The van der Waals surface area contributed by atoms with Crippen LogP contribution in [0, 0.1) is 11.3 Å². The molecule has 1 saturated heterocycles. The highest BCUT2D eigenvalue weighted by molar-refractivity contribution is 6.34. The summed E-state index contributed by atoms with van der Waals surface area (Å²) >= 11 is 6.31. The third-order valence-electron chi connectivity index (χ3n) is 5.50. The van der Waals surface area contributed by atoms with Gasteiger partial charge in [-0.3, -0.25) is 4.98 Å². The normalized spacial score (nSPS) is 16.2. The van der Waals surface area contributed by atoms with Crippen LogP contribution in [-0.4, -0.2) is 44.4 Å². The third-order valence-corrected chi connectivity index (χ3v) is 5.78. The molecule has 3 aromatic rings. The Bertz CT molecular complexity index is 1170. The van der Waals surface area contributed by atoms with Crippen LogP contribution in [0.4, 0.5) is 4.79 Å². The first kappa shape index (κ1) is 21.1. The average Bonchev–Trinajstić information content (AvgIpc) is 3.09. The molecule has 0 aliphatic carbocycles. The van der Waals surface area contributed by atoms with Crippen LogP contribution in [0.5, 0.6) is 0 Å². The molecule has 2 aromatic heterocycles. The number of pyridine rings is 1. The highest BCUT2D eigenvalue weighted by Crippen LogP contribution is 2.35. The minimum absolute atomic E-state index is 0.349.